The molecule has 1 N–H and O–H groups in total. The molecule has 0 aliphatic carbocycles. The number of nitrogens with one attached hydrogen (secondary N) is 1. The Balaban J connectivity index is 2.81. The first-order valence-corrected chi connectivity index (χ1v) is 5.47. The minimum absolute atomic E-state index is 0.267. The van der Waals surface area contributed by atoms with Crippen molar-refractivity contribution in [1.29, 1.82) is 0 Å². The second-order valence-electron chi connectivity index (χ2n) is 2.75. The Hall–Kier alpha value is -0.620. The normalized spacial score (nSPS) is 10.5. The minimum Gasteiger partial charge on any atom is -0.372 e. The maximum absolute atomic E-state index is 5.78. The number of aromatic nitrogens is 2. The van der Waals surface area contributed by atoms with Crippen LogP contribution in [0.2, 0.25) is 5.28 Å². The lowest BCUT2D eigenvalue weighted by Crippen LogP contribution is -1.96. The molecule has 1 aromatic heterocycles. The fourth-order valence-corrected chi connectivity index (χ4v) is 1.93. The van der Waals surface area contributed by atoms with E-state index in [1.165, 1.54) is 0 Å². The fraction of sp³-hybridized carbons (Fsp3) is 0.111. The fourth-order valence-electron chi connectivity index (χ4n) is 1.26. The van der Waals surface area contributed by atoms with E-state index in [1.807, 2.05) is 25.2 Å². The molecule has 72 valence electrons. The largest absolute Gasteiger partial charge is 0.372 e. The number of benzene rings is 1. The van der Waals surface area contributed by atoms with Crippen LogP contribution in [0.15, 0.2) is 18.2 Å². The summed E-state index contributed by atoms with van der Waals surface area (Å²) in [5.74, 6) is 0.763. The molecule has 1 heterocycles. The van der Waals surface area contributed by atoms with Crippen LogP contribution in [0.5, 0.6) is 0 Å². The van der Waals surface area contributed by atoms with Crippen molar-refractivity contribution < 1.29 is 0 Å². The van der Waals surface area contributed by atoms with Gasteiger partial charge in [0.05, 0.1) is 5.52 Å². The third-order valence-corrected chi connectivity index (χ3v) is 2.71. The molecule has 2 rings (SSSR count). The van der Waals surface area contributed by atoms with Crippen molar-refractivity contribution in [3.63, 3.8) is 0 Å². The summed E-state index contributed by atoms with van der Waals surface area (Å²) >= 11 is 8.03. The van der Waals surface area contributed by atoms with Gasteiger partial charge in [-0.05, 0) is 52.4 Å². The van der Waals surface area contributed by atoms with E-state index in [-0.39, 0.29) is 5.28 Å². The lowest BCUT2D eigenvalue weighted by molar-refractivity contribution is 1.21. The third-order valence-electron chi connectivity index (χ3n) is 1.87. The molecule has 0 unspecified atom stereocenters. The van der Waals surface area contributed by atoms with Gasteiger partial charge in [0, 0.05) is 16.0 Å². The number of rotatable bonds is 1. The van der Waals surface area contributed by atoms with Crippen molar-refractivity contribution in [2.24, 2.45) is 0 Å². The van der Waals surface area contributed by atoms with Gasteiger partial charge in [-0.3, -0.25) is 0 Å². The minimum atomic E-state index is 0.267. The quantitative estimate of drug-likeness (QED) is 0.649. The van der Waals surface area contributed by atoms with Crippen LogP contribution >= 0.6 is 34.2 Å². The Labute approximate surface area is 100 Å². The Morgan fingerprint density at radius 1 is 1.36 bits per heavy atom. The Kier molecular flexibility index (Phi) is 2.73. The van der Waals surface area contributed by atoms with Gasteiger partial charge in [0.1, 0.15) is 5.82 Å². The van der Waals surface area contributed by atoms with Gasteiger partial charge in [0.15, 0.2) is 0 Å². The zero-order valence-electron chi connectivity index (χ0n) is 7.38. The molecule has 1 aromatic carbocycles. The van der Waals surface area contributed by atoms with Crippen LogP contribution in [-0.4, -0.2) is 17.0 Å². The molecule has 0 fully saturated rings. The van der Waals surface area contributed by atoms with E-state index in [2.05, 4.69) is 37.9 Å². The highest BCUT2D eigenvalue weighted by molar-refractivity contribution is 14.1. The standard InChI is InChI=1S/C9H7ClIN3/c1-12-8-6-4-5(11)2-3-7(6)13-9(10)14-8/h2-4H,1H3,(H,12,13,14). The average Bonchev–Trinajstić information content (AvgIpc) is 2.17. The molecule has 0 spiro atoms. The van der Waals surface area contributed by atoms with Crippen LogP contribution < -0.4 is 5.32 Å². The van der Waals surface area contributed by atoms with E-state index in [1.54, 1.807) is 0 Å². The maximum Gasteiger partial charge on any atom is 0.224 e. The molecular formula is C9H7ClIN3. The van der Waals surface area contributed by atoms with Crippen molar-refractivity contribution in [3.8, 4) is 0 Å². The summed E-state index contributed by atoms with van der Waals surface area (Å²) in [5, 5.41) is 4.26. The summed E-state index contributed by atoms with van der Waals surface area (Å²) in [6.07, 6.45) is 0. The Morgan fingerprint density at radius 3 is 2.86 bits per heavy atom. The first kappa shape index (κ1) is 9.92. The van der Waals surface area contributed by atoms with E-state index >= 15 is 0 Å². The Bertz CT molecular complexity index is 487. The SMILES string of the molecule is CNc1nc(Cl)nc2ccc(I)cc12. The summed E-state index contributed by atoms with van der Waals surface area (Å²) in [5.41, 5.74) is 0.856. The highest BCUT2D eigenvalue weighted by atomic mass is 127. The van der Waals surface area contributed by atoms with E-state index < -0.39 is 0 Å². The molecular weight excluding hydrogens is 312 g/mol. The number of anilines is 1. The van der Waals surface area contributed by atoms with E-state index in [0.717, 1.165) is 20.3 Å². The number of fused-ring (bicyclic) bond motifs is 1. The second-order valence-corrected chi connectivity index (χ2v) is 4.34. The number of hydrogen-bond acceptors (Lipinski definition) is 3. The lowest BCUT2D eigenvalue weighted by Gasteiger charge is -2.04. The zero-order chi connectivity index (χ0) is 10.1. The number of hydrogen-bond donors (Lipinski definition) is 1. The van der Waals surface area contributed by atoms with Gasteiger partial charge in [0.25, 0.3) is 0 Å². The van der Waals surface area contributed by atoms with Crippen LogP contribution in [0.4, 0.5) is 5.82 Å². The summed E-state index contributed by atoms with van der Waals surface area (Å²) in [6, 6.07) is 5.95. The highest BCUT2D eigenvalue weighted by Gasteiger charge is 2.04. The molecule has 5 heteroatoms. The predicted molar refractivity (Wildman–Crippen MR) is 66.8 cm³/mol. The summed E-state index contributed by atoms with van der Waals surface area (Å²) < 4.78 is 1.15. The summed E-state index contributed by atoms with van der Waals surface area (Å²) in [4.78, 5) is 8.24. The lowest BCUT2D eigenvalue weighted by atomic mass is 10.2. The van der Waals surface area contributed by atoms with Crippen molar-refractivity contribution in [2.45, 2.75) is 0 Å². The molecule has 0 radical (unpaired) electrons. The smallest absolute Gasteiger partial charge is 0.224 e. The molecule has 2 aromatic rings. The topological polar surface area (TPSA) is 37.8 Å². The van der Waals surface area contributed by atoms with E-state index in [4.69, 9.17) is 11.6 Å². The van der Waals surface area contributed by atoms with Gasteiger partial charge in [-0.2, -0.15) is 0 Å². The van der Waals surface area contributed by atoms with Gasteiger partial charge < -0.3 is 5.32 Å². The molecule has 0 amide bonds. The van der Waals surface area contributed by atoms with Crippen LogP contribution in [0.25, 0.3) is 10.9 Å². The van der Waals surface area contributed by atoms with Crippen molar-refractivity contribution in [3.05, 3.63) is 27.1 Å². The second kappa shape index (κ2) is 3.86. The van der Waals surface area contributed by atoms with Gasteiger partial charge in [-0.1, -0.05) is 0 Å². The third kappa shape index (κ3) is 1.76. The van der Waals surface area contributed by atoms with Crippen molar-refractivity contribution >= 4 is 50.9 Å². The van der Waals surface area contributed by atoms with Gasteiger partial charge in [-0.15, -0.1) is 0 Å². The summed E-state index contributed by atoms with van der Waals surface area (Å²) in [7, 11) is 1.82. The van der Waals surface area contributed by atoms with Crippen LogP contribution in [-0.2, 0) is 0 Å². The first-order valence-electron chi connectivity index (χ1n) is 4.01. The van der Waals surface area contributed by atoms with E-state index in [0.29, 0.717) is 0 Å². The zero-order valence-corrected chi connectivity index (χ0v) is 10.3. The van der Waals surface area contributed by atoms with Crippen molar-refractivity contribution in [2.75, 3.05) is 12.4 Å². The van der Waals surface area contributed by atoms with Crippen LogP contribution in [0.3, 0.4) is 0 Å². The number of halogens is 2. The first-order chi connectivity index (χ1) is 6.70. The van der Waals surface area contributed by atoms with E-state index in [9.17, 15) is 0 Å². The van der Waals surface area contributed by atoms with Crippen LogP contribution in [0.1, 0.15) is 0 Å². The van der Waals surface area contributed by atoms with Gasteiger partial charge in [0.2, 0.25) is 5.28 Å². The molecule has 0 saturated carbocycles. The Morgan fingerprint density at radius 2 is 2.14 bits per heavy atom. The predicted octanol–water partition coefficient (Wildman–Crippen LogP) is 2.93. The van der Waals surface area contributed by atoms with Crippen molar-refractivity contribution in [1.82, 2.24) is 9.97 Å². The molecule has 0 aliphatic heterocycles. The molecule has 0 aliphatic rings. The highest BCUT2D eigenvalue weighted by Crippen LogP contribution is 2.23. The molecule has 0 saturated heterocycles. The molecule has 14 heavy (non-hydrogen) atoms. The maximum atomic E-state index is 5.78. The monoisotopic (exact) mass is 319 g/mol. The van der Waals surface area contributed by atoms with Crippen LogP contribution in [0, 0.1) is 3.57 Å². The van der Waals surface area contributed by atoms with Gasteiger partial charge >= 0.3 is 0 Å². The molecule has 0 bridgehead atoms. The molecule has 0 atom stereocenters. The van der Waals surface area contributed by atoms with Gasteiger partial charge in [-0.25, -0.2) is 9.97 Å². The molecule has 3 nitrogen and oxygen atoms in total. The summed E-state index contributed by atoms with van der Waals surface area (Å²) in [6.45, 7) is 0. The number of nitrogens with zero attached hydrogens (tertiary/aromatic N) is 2. The average molecular weight is 320 g/mol.